The van der Waals surface area contributed by atoms with Gasteiger partial charge in [0.25, 0.3) is 0 Å². The number of hydrogen-bond donors (Lipinski definition) is 0. The number of rotatable bonds is 6. The lowest BCUT2D eigenvalue weighted by molar-refractivity contribution is 0.411. The van der Waals surface area contributed by atoms with Gasteiger partial charge in [0.1, 0.15) is 0 Å². The Kier molecular flexibility index (Phi) is 7.40. The molecule has 0 aromatic heterocycles. The standard InChI is InChI=1S/C50H41N/c1-33-14-11-12-21-49(33)51(41-20-13-15-34(24-41)32-50(2,3)4)42-23-22-37-26-45-46(29-38(37)25-42)48-31-40-28-44(36-18-9-6-10-19-36)43(27-39(40)30-47(45)48)35-16-7-5-8-17-35/h5-31H,32H2,1-4H3. The molecule has 0 N–H and O–H groups in total. The van der Waals surface area contributed by atoms with Crippen molar-refractivity contribution in [3.05, 3.63) is 175 Å². The van der Waals surface area contributed by atoms with Crippen molar-refractivity contribution < 1.29 is 0 Å². The van der Waals surface area contributed by atoms with E-state index in [2.05, 4.69) is 196 Å². The zero-order valence-electron chi connectivity index (χ0n) is 29.7. The van der Waals surface area contributed by atoms with Crippen LogP contribution in [0.15, 0.2) is 164 Å². The zero-order valence-corrected chi connectivity index (χ0v) is 29.7. The summed E-state index contributed by atoms with van der Waals surface area (Å²) in [5.41, 5.74) is 16.7. The molecule has 8 aromatic rings. The topological polar surface area (TPSA) is 3.24 Å². The quantitative estimate of drug-likeness (QED) is 0.172. The molecule has 1 nitrogen and oxygen atoms in total. The third-order valence-corrected chi connectivity index (χ3v) is 10.3. The van der Waals surface area contributed by atoms with Gasteiger partial charge in [-0.1, -0.05) is 118 Å². The average Bonchev–Trinajstić information content (AvgIpc) is 3.14. The Morgan fingerprint density at radius 1 is 0.412 bits per heavy atom. The fraction of sp³-hybridized carbons (Fsp3) is 0.120. The Balaban J connectivity index is 1.15. The van der Waals surface area contributed by atoms with Gasteiger partial charge < -0.3 is 4.90 Å². The Morgan fingerprint density at radius 2 is 0.902 bits per heavy atom. The van der Waals surface area contributed by atoms with E-state index in [1.54, 1.807) is 0 Å². The molecule has 0 atom stereocenters. The molecule has 1 aliphatic carbocycles. The first-order valence-electron chi connectivity index (χ1n) is 18.1. The van der Waals surface area contributed by atoms with Gasteiger partial charge in [0, 0.05) is 17.1 Å². The zero-order chi connectivity index (χ0) is 34.7. The summed E-state index contributed by atoms with van der Waals surface area (Å²) >= 11 is 0. The number of aryl methyl sites for hydroxylation is 1. The van der Waals surface area contributed by atoms with E-state index in [0.717, 1.165) is 6.42 Å². The predicted molar refractivity (Wildman–Crippen MR) is 219 cm³/mol. The predicted octanol–water partition coefficient (Wildman–Crippen LogP) is 14.3. The van der Waals surface area contributed by atoms with Crippen molar-refractivity contribution in [2.45, 2.75) is 34.1 Å². The number of nitrogens with zero attached hydrogens (tertiary/aromatic N) is 1. The Labute approximate surface area is 301 Å². The third-order valence-electron chi connectivity index (χ3n) is 10.3. The first-order chi connectivity index (χ1) is 24.8. The van der Waals surface area contributed by atoms with Crippen molar-refractivity contribution in [3.63, 3.8) is 0 Å². The highest BCUT2D eigenvalue weighted by atomic mass is 15.1. The van der Waals surface area contributed by atoms with Crippen LogP contribution >= 0.6 is 0 Å². The molecule has 8 aromatic carbocycles. The average molecular weight is 656 g/mol. The maximum atomic E-state index is 2.43. The van der Waals surface area contributed by atoms with Crippen LogP contribution in [0.3, 0.4) is 0 Å². The van der Waals surface area contributed by atoms with Crippen molar-refractivity contribution in [1.82, 2.24) is 0 Å². The number of hydrogen-bond acceptors (Lipinski definition) is 1. The molecule has 0 unspecified atom stereocenters. The lowest BCUT2D eigenvalue weighted by Gasteiger charge is -2.29. The summed E-state index contributed by atoms with van der Waals surface area (Å²) < 4.78 is 0. The lowest BCUT2D eigenvalue weighted by atomic mass is 9.77. The van der Waals surface area contributed by atoms with E-state index >= 15 is 0 Å². The van der Waals surface area contributed by atoms with Gasteiger partial charge in [-0.2, -0.15) is 0 Å². The van der Waals surface area contributed by atoms with Crippen LogP contribution < -0.4 is 4.90 Å². The Bertz CT molecular complexity index is 2590. The minimum atomic E-state index is 0.214. The van der Waals surface area contributed by atoms with Gasteiger partial charge in [0.15, 0.2) is 0 Å². The maximum Gasteiger partial charge on any atom is 0.0490 e. The smallest absolute Gasteiger partial charge is 0.0490 e. The van der Waals surface area contributed by atoms with Crippen LogP contribution in [0.5, 0.6) is 0 Å². The number of fused-ring (bicyclic) bond motifs is 6. The molecule has 0 bridgehead atoms. The molecule has 0 saturated carbocycles. The van der Waals surface area contributed by atoms with Crippen molar-refractivity contribution in [3.8, 4) is 44.5 Å². The largest absolute Gasteiger partial charge is 0.310 e. The van der Waals surface area contributed by atoms with Gasteiger partial charge in [0.05, 0.1) is 0 Å². The summed E-state index contributed by atoms with van der Waals surface area (Å²) in [6.45, 7) is 9.13. The van der Waals surface area contributed by atoms with Crippen molar-refractivity contribution in [1.29, 1.82) is 0 Å². The first kappa shape index (κ1) is 31.1. The molecule has 0 fully saturated rings. The molecule has 9 rings (SSSR count). The lowest BCUT2D eigenvalue weighted by Crippen LogP contribution is -2.13. The molecule has 1 heteroatoms. The summed E-state index contributed by atoms with van der Waals surface area (Å²) in [5.74, 6) is 0. The molecule has 1 aliphatic rings. The van der Waals surface area contributed by atoms with E-state index in [0.29, 0.717) is 0 Å². The number of benzene rings is 8. The second kappa shape index (κ2) is 12.1. The van der Waals surface area contributed by atoms with Crippen LogP contribution in [-0.2, 0) is 6.42 Å². The van der Waals surface area contributed by atoms with E-state index in [9.17, 15) is 0 Å². The fourth-order valence-electron chi connectivity index (χ4n) is 7.98. The van der Waals surface area contributed by atoms with Crippen LogP contribution in [0.2, 0.25) is 0 Å². The second-order valence-electron chi connectivity index (χ2n) is 15.3. The molecule has 0 spiro atoms. The molecule has 0 amide bonds. The van der Waals surface area contributed by atoms with Gasteiger partial charge in [-0.15, -0.1) is 0 Å². The van der Waals surface area contributed by atoms with Crippen LogP contribution in [-0.4, -0.2) is 0 Å². The van der Waals surface area contributed by atoms with Crippen LogP contribution in [0.4, 0.5) is 17.1 Å². The highest BCUT2D eigenvalue weighted by Gasteiger charge is 2.25. The van der Waals surface area contributed by atoms with Gasteiger partial charge in [-0.25, -0.2) is 0 Å². The molecular weight excluding hydrogens is 615 g/mol. The van der Waals surface area contributed by atoms with Gasteiger partial charge >= 0.3 is 0 Å². The number of para-hydroxylation sites is 1. The van der Waals surface area contributed by atoms with Crippen molar-refractivity contribution in [2.75, 3.05) is 4.90 Å². The Hall–Kier alpha value is -5.92. The highest BCUT2D eigenvalue weighted by Crippen LogP contribution is 2.52. The molecule has 246 valence electrons. The van der Waals surface area contributed by atoms with Crippen LogP contribution in [0.25, 0.3) is 66.1 Å². The summed E-state index contributed by atoms with van der Waals surface area (Å²) in [6, 6.07) is 60.7. The summed E-state index contributed by atoms with van der Waals surface area (Å²) in [7, 11) is 0. The van der Waals surface area contributed by atoms with E-state index < -0.39 is 0 Å². The summed E-state index contributed by atoms with van der Waals surface area (Å²) in [4.78, 5) is 2.43. The molecule has 0 heterocycles. The van der Waals surface area contributed by atoms with E-state index in [-0.39, 0.29) is 5.41 Å². The van der Waals surface area contributed by atoms with Crippen molar-refractivity contribution in [2.24, 2.45) is 5.41 Å². The first-order valence-corrected chi connectivity index (χ1v) is 18.1. The molecular formula is C50H41N. The summed E-state index contributed by atoms with van der Waals surface area (Å²) in [6.07, 6.45) is 1.03. The SMILES string of the molecule is Cc1ccccc1N(c1cccc(CC(C)(C)C)c1)c1ccc2cc3c(cc2c1)-c1cc2cc(-c4ccccc4)c(-c4ccccc4)cc2cc1-3. The number of anilines is 3. The molecule has 51 heavy (non-hydrogen) atoms. The van der Waals surface area contributed by atoms with E-state index in [1.807, 2.05) is 0 Å². The minimum absolute atomic E-state index is 0.214. The minimum Gasteiger partial charge on any atom is -0.310 e. The van der Waals surface area contributed by atoms with Gasteiger partial charge in [-0.3, -0.25) is 0 Å². The monoisotopic (exact) mass is 655 g/mol. The summed E-state index contributed by atoms with van der Waals surface area (Å²) in [5, 5.41) is 5.06. The molecule has 0 radical (unpaired) electrons. The van der Waals surface area contributed by atoms with E-state index in [4.69, 9.17) is 0 Å². The molecule has 0 aliphatic heterocycles. The van der Waals surface area contributed by atoms with Crippen LogP contribution in [0, 0.1) is 12.3 Å². The van der Waals surface area contributed by atoms with Gasteiger partial charge in [0.2, 0.25) is 0 Å². The maximum absolute atomic E-state index is 2.43. The van der Waals surface area contributed by atoms with Crippen LogP contribution in [0.1, 0.15) is 31.9 Å². The second-order valence-corrected chi connectivity index (χ2v) is 15.3. The fourth-order valence-corrected chi connectivity index (χ4v) is 7.98. The molecule has 0 saturated heterocycles. The normalized spacial score (nSPS) is 12.0. The van der Waals surface area contributed by atoms with E-state index in [1.165, 1.54) is 94.2 Å². The van der Waals surface area contributed by atoms with Crippen molar-refractivity contribution >= 4 is 38.6 Å². The van der Waals surface area contributed by atoms with Gasteiger partial charge in [-0.05, 0) is 163 Å². The third kappa shape index (κ3) is 5.69. The Morgan fingerprint density at radius 3 is 1.47 bits per heavy atom. The highest BCUT2D eigenvalue weighted by molar-refractivity contribution is 6.13.